The van der Waals surface area contributed by atoms with Gasteiger partial charge in [0.15, 0.2) is 5.78 Å². The van der Waals surface area contributed by atoms with Crippen molar-refractivity contribution >= 4 is 18.7 Å². The number of hydrogen-bond acceptors (Lipinski definition) is 3. The van der Waals surface area contributed by atoms with E-state index in [1.807, 2.05) is 0 Å². The number of halogens is 4. The lowest BCUT2D eigenvalue weighted by Crippen LogP contribution is -2.18. The molecule has 0 bridgehead atoms. The van der Waals surface area contributed by atoms with Crippen molar-refractivity contribution in [3.8, 4) is 5.75 Å². The van der Waals surface area contributed by atoms with Gasteiger partial charge in [-0.25, -0.2) is 4.39 Å². The molecule has 0 spiro atoms. The van der Waals surface area contributed by atoms with Crippen LogP contribution in [0.3, 0.4) is 0 Å². The summed E-state index contributed by atoms with van der Waals surface area (Å²) in [5.74, 6) is -2.25. The maximum Gasteiger partial charge on any atom is 0.389 e. The summed E-state index contributed by atoms with van der Waals surface area (Å²) in [6.07, 6.45) is -6.68. The Labute approximate surface area is 107 Å². The van der Waals surface area contributed by atoms with Crippen molar-refractivity contribution in [1.82, 2.24) is 0 Å². The van der Waals surface area contributed by atoms with E-state index in [2.05, 4.69) is 0 Å². The lowest BCUT2D eigenvalue weighted by Gasteiger charge is -2.11. The van der Waals surface area contributed by atoms with E-state index in [1.165, 1.54) is 0 Å². The number of alkyl halides is 3. The fourth-order valence-electron chi connectivity index (χ4n) is 1.49. The predicted octanol–water partition coefficient (Wildman–Crippen LogP) is 1.60. The van der Waals surface area contributed by atoms with Crippen LogP contribution in [0, 0.1) is 5.82 Å². The van der Waals surface area contributed by atoms with Crippen LogP contribution in [0.1, 0.15) is 23.2 Å². The van der Waals surface area contributed by atoms with Gasteiger partial charge < -0.3 is 9.76 Å². The molecule has 0 aliphatic rings. The fourth-order valence-corrected chi connectivity index (χ4v) is 1.49. The molecule has 0 saturated carbocycles. The second-order valence-corrected chi connectivity index (χ2v) is 3.75. The molecule has 1 N–H and O–H groups in total. The SMILES string of the molecule is COc1cc([B]O)cc(F)c1C(=O)CCC(F)(F)F. The molecule has 1 aromatic rings. The number of carbonyl (C=O) groups excluding carboxylic acids is 1. The van der Waals surface area contributed by atoms with Crippen molar-refractivity contribution < 1.29 is 32.1 Å². The highest BCUT2D eigenvalue weighted by atomic mass is 19.4. The number of methoxy groups -OCH3 is 1. The van der Waals surface area contributed by atoms with Crippen molar-refractivity contribution in [3.63, 3.8) is 0 Å². The molecule has 103 valence electrons. The molecule has 1 aromatic carbocycles. The van der Waals surface area contributed by atoms with Crippen LogP contribution in [0.25, 0.3) is 0 Å². The quantitative estimate of drug-likeness (QED) is 0.505. The van der Waals surface area contributed by atoms with Gasteiger partial charge >= 0.3 is 13.7 Å². The van der Waals surface area contributed by atoms with E-state index < -0.39 is 36.2 Å². The Hall–Kier alpha value is -1.57. The first-order valence-corrected chi connectivity index (χ1v) is 5.23. The summed E-state index contributed by atoms with van der Waals surface area (Å²) < 4.78 is 54.4. The van der Waals surface area contributed by atoms with Gasteiger partial charge in [0.2, 0.25) is 0 Å². The predicted molar refractivity (Wildman–Crippen MR) is 60.2 cm³/mol. The van der Waals surface area contributed by atoms with Crippen LogP contribution in [-0.2, 0) is 0 Å². The van der Waals surface area contributed by atoms with Crippen LogP contribution in [0.2, 0.25) is 0 Å². The Morgan fingerprint density at radius 3 is 2.53 bits per heavy atom. The van der Waals surface area contributed by atoms with Gasteiger partial charge in [0.05, 0.1) is 19.1 Å². The van der Waals surface area contributed by atoms with E-state index in [-0.39, 0.29) is 11.2 Å². The Kier molecular flexibility index (Phi) is 4.93. The number of rotatable bonds is 5. The van der Waals surface area contributed by atoms with Gasteiger partial charge in [-0.05, 0) is 17.6 Å². The molecule has 0 atom stereocenters. The zero-order valence-electron chi connectivity index (χ0n) is 9.92. The largest absolute Gasteiger partial charge is 0.496 e. The Bertz CT molecular complexity index is 474. The smallest absolute Gasteiger partial charge is 0.389 e. The second-order valence-electron chi connectivity index (χ2n) is 3.75. The summed E-state index contributed by atoms with van der Waals surface area (Å²) in [5, 5.41) is 8.74. The first-order chi connectivity index (χ1) is 8.78. The van der Waals surface area contributed by atoms with Gasteiger partial charge in [-0.1, -0.05) is 0 Å². The molecular weight excluding hydrogens is 267 g/mol. The molecule has 3 nitrogen and oxygen atoms in total. The van der Waals surface area contributed by atoms with Crippen LogP contribution in [0.15, 0.2) is 12.1 Å². The summed E-state index contributed by atoms with van der Waals surface area (Å²) in [6.45, 7) is 0. The van der Waals surface area contributed by atoms with Gasteiger partial charge in [-0.3, -0.25) is 4.79 Å². The summed E-state index contributed by atoms with van der Waals surface area (Å²) in [5.41, 5.74) is -0.501. The van der Waals surface area contributed by atoms with Crippen LogP contribution in [0.4, 0.5) is 17.6 Å². The number of Topliss-reactive ketones (excluding diaryl/α,β-unsaturated/α-hetero) is 1. The highest BCUT2D eigenvalue weighted by Crippen LogP contribution is 2.26. The zero-order valence-corrected chi connectivity index (χ0v) is 9.92. The van der Waals surface area contributed by atoms with E-state index >= 15 is 0 Å². The summed E-state index contributed by atoms with van der Waals surface area (Å²) >= 11 is 0. The van der Waals surface area contributed by atoms with Gasteiger partial charge in [0.25, 0.3) is 0 Å². The highest BCUT2D eigenvalue weighted by Gasteiger charge is 2.29. The van der Waals surface area contributed by atoms with E-state index in [0.717, 1.165) is 19.2 Å². The van der Waals surface area contributed by atoms with Crippen molar-refractivity contribution in [2.24, 2.45) is 0 Å². The van der Waals surface area contributed by atoms with Crippen LogP contribution < -0.4 is 10.2 Å². The molecule has 19 heavy (non-hydrogen) atoms. The number of benzene rings is 1. The molecule has 0 amide bonds. The summed E-state index contributed by atoms with van der Waals surface area (Å²) in [6, 6.07) is 1.99. The molecule has 0 saturated heterocycles. The van der Waals surface area contributed by atoms with Crippen LogP contribution in [0.5, 0.6) is 5.75 Å². The molecule has 1 radical (unpaired) electrons. The van der Waals surface area contributed by atoms with E-state index in [1.54, 1.807) is 0 Å². The third-order valence-corrected chi connectivity index (χ3v) is 2.36. The number of hydrogen-bond donors (Lipinski definition) is 1. The van der Waals surface area contributed by atoms with E-state index in [4.69, 9.17) is 9.76 Å². The minimum Gasteiger partial charge on any atom is -0.496 e. The maximum absolute atomic E-state index is 13.6. The standard InChI is InChI=1S/C11H10BF4O3/c1-19-9-5-6(12-18)4-7(13)10(9)8(17)2-3-11(14,15)16/h4-5,18H,2-3H2,1H3. The molecule has 0 fully saturated rings. The van der Waals surface area contributed by atoms with Crippen molar-refractivity contribution in [3.05, 3.63) is 23.5 Å². The lowest BCUT2D eigenvalue weighted by molar-refractivity contribution is -0.133. The topological polar surface area (TPSA) is 46.5 Å². The van der Waals surface area contributed by atoms with Gasteiger partial charge in [0, 0.05) is 6.42 Å². The molecule has 0 unspecified atom stereocenters. The van der Waals surface area contributed by atoms with Crippen molar-refractivity contribution in [1.29, 1.82) is 0 Å². The van der Waals surface area contributed by atoms with E-state index in [9.17, 15) is 22.4 Å². The van der Waals surface area contributed by atoms with Crippen molar-refractivity contribution in [2.75, 3.05) is 7.11 Å². The number of ketones is 1. The van der Waals surface area contributed by atoms with Crippen molar-refractivity contribution in [2.45, 2.75) is 19.0 Å². The first kappa shape index (κ1) is 15.5. The Morgan fingerprint density at radius 1 is 1.42 bits per heavy atom. The molecule has 1 rings (SSSR count). The molecule has 0 aliphatic carbocycles. The second kappa shape index (κ2) is 6.05. The van der Waals surface area contributed by atoms with Crippen LogP contribution >= 0.6 is 0 Å². The molecule has 8 heteroatoms. The summed E-state index contributed by atoms with van der Waals surface area (Å²) in [7, 11) is 1.74. The minimum absolute atomic E-state index is 0.0433. The third-order valence-electron chi connectivity index (χ3n) is 2.36. The minimum atomic E-state index is -4.49. The average molecular weight is 277 g/mol. The average Bonchev–Trinajstić information content (AvgIpc) is 2.33. The fraction of sp³-hybridized carbons (Fsp3) is 0.364. The van der Waals surface area contributed by atoms with Gasteiger partial charge in [-0.2, -0.15) is 13.2 Å². The molecular formula is C11H10BF4O3. The molecule has 0 aliphatic heterocycles. The Morgan fingerprint density at radius 2 is 2.05 bits per heavy atom. The van der Waals surface area contributed by atoms with E-state index in [0.29, 0.717) is 7.48 Å². The highest BCUT2D eigenvalue weighted by molar-refractivity contribution is 6.45. The molecule has 0 aromatic heterocycles. The lowest BCUT2D eigenvalue weighted by atomic mass is 9.87. The summed E-state index contributed by atoms with van der Waals surface area (Å²) in [4.78, 5) is 11.6. The van der Waals surface area contributed by atoms with Gasteiger partial charge in [0.1, 0.15) is 11.6 Å². The molecule has 0 heterocycles. The third kappa shape index (κ3) is 4.24. The zero-order chi connectivity index (χ0) is 14.6. The normalized spacial score (nSPS) is 11.3. The maximum atomic E-state index is 13.6. The Balaban J connectivity index is 3.02. The first-order valence-electron chi connectivity index (χ1n) is 5.23. The van der Waals surface area contributed by atoms with Gasteiger partial charge in [-0.15, -0.1) is 0 Å². The number of carbonyl (C=O) groups is 1. The monoisotopic (exact) mass is 277 g/mol. The van der Waals surface area contributed by atoms with Crippen LogP contribution in [-0.4, -0.2) is 31.6 Å². The number of ether oxygens (including phenoxy) is 1.